The molecule has 1 saturated carbocycles. The van der Waals surface area contributed by atoms with Crippen molar-refractivity contribution in [2.75, 3.05) is 16.9 Å². The van der Waals surface area contributed by atoms with Gasteiger partial charge in [-0.05, 0) is 48.6 Å². The Morgan fingerprint density at radius 1 is 1.19 bits per heavy atom. The summed E-state index contributed by atoms with van der Waals surface area (Å²) in [4.78, 5) is 27.5. The fourth-order valence-corrected chi connectivity index (χ4v) is 5.07. The quantitative estimate of drug-likeness (QED) is 0.832. The molecule has 4 rings (SSSR count). The Hall–Kier alpha value is -1.98. The van der Waals surface area contributed by atoms with Gasteiger partial charge in [0.15, 0.2) is 0 Å². The van der Waals surface area contributed by atoms with Crippen LogP contribution in [-0.2, 0) is 9.59 Å². The van der Waals surface area contributed by atoms with E-state index in [2.05, 4.69) is 5.32 Å². The maximum atomic E-state index is 13.0. The number of rotatable bonds is 4. The van der Waals surface area contributed by atoms with Crippen LogP contribution in [0.4, 0.5) is 5.69 Å². The molecular weight excluding hydrogens is 380 g/mol. The number of halogens is 1. The molecule has 2 aromatic rings. The minimum absolute atomic E-state index is 0.0642. The van der Waals surface area contributed by atoms with Gasteiger partial charge in [-0.2, -0.15) is 0 Å². The molecule has 1 aliphatic carbocycles. The maximum absolute atomic E-state index is 13.0. The third-order valence-corrected chi connectivity index (χ3v) is 6.52. The van der Waals surface area contributed by atoms with E-state index in [1.54, 1.807) is 16.7 Å². The van der Waals surface area contributed by atoms with E-state index in [0.717, 1.165) is 23.2 Å². The Morgan fingerprint density at radius 3 is 2.78 bits per heavy atom. The maximum Gasteiger partial charge on any atom is 0.248 e. The van der Waals surface area contributed by atoms with E-state index in [4.69, 9.17) is 11.6 Å². The SMILES string of the molecule is Cc1cccc(NC(=O)C2CSCN2C(=O)C2CC2c2ccccc2Cl)c1. The van der Waals surface area contributed by atoms with Crippen molar-refractivity contribution in [1.29, 1.82) is 0 Å². The molecule has 2 amide bonds. The molecule has 6 heteroatoms. The summed E-state index contributed by atoms with van der Waals surface area (Å²) in [6.45, 7) is 1.98. The Balaban J connectivity index is 1.43. The standard InChI is InChI=1S/C21H21ClN2O2S/c1-13-5-4-6-14(9-13)23-20(25)19-11-27-12-24(19)21(26)17-10-16(17)15-7-2-3-8-18(15)22/h2-9,16-17,19H,10-12H2,1H3,(H,23,25). The fraction of sp³-hybridized carbons (Fsp3) is 0.333. The monoisotopic (exact) mass is 400 g/mol. The van der Waals surface area contributed by atoms with E-state index in [1.165, 1.54) is 0 Å². The van der Waals surface area contributed by atoms with Gasteiger partial charge in [-0.25, -0.2) is 0 Å². The normalized spacial score (nSPS) is 23.9. The number of carbonyl (C=O) groups excluding carboxylic acids is 2. The minimum atomic E-state index is -0.421. The number of hydrogen-bond donors (Lipinski definition) is 1. The van der Waals surface area contributed by atoms with Gasteiger partial charge in [0.05, 0.1) is 5.88 Å². The fourth-order valence-electron chi connectivity index (χ4n) is 3.63. The summed E-state index contributed by atoms with van der Waals surface area (Å²) in [6.07, 6.45) is 0.802. The first-order chi connectivity index (χ1) is 13.0. The molecule has 1 heterocycles. The molecule has 3 unspecified atom stereocenters. The Morgan fingerprint density at radius 2 is 2.00 bits per heavy atom. The lowest BCUT2D eigenvalue weighted by atomic mass is 10.1. The molecule has 0 spiro atoms. The highest BCUT2D eigenvalue weighted by molar-refractivity contribution is 7.99. The van der Waals surface area contributed by atoms with E-state index in [-0.39, 0.29) is 23.7 Å². The average Bonchev–Trinajstić information content (AvgIpc) is 3.28. The Kier molecular flexibility index (Phi) is 5.15. The van der Waals surface area contributed by atoms with E-state index in [9.17, 15) is 9.59 Å². The van der Waals surface area contributed by atoms with Crippen LogP contribution in [0.3, 0.4) is 0 Å². The number of benzene rings is 2. The van der Waals surface area contributed by atoms with E-state index >= 15 is 0 Å². The molecule has 1 aliphatic heterocycles. The molecule has 0 aromatic heterocycles. The second-order valence-electron chi connectivity index (χ2n) is 7.15. The molecule has 3 atom stereocenters. The van der Waals surface area contributed by atoms with Crippen LogP contribution in [0.2, 0.25) is 5.02 Å². The molecule has 0 radical (unpaired) electrons. The molecule has 1 saturated heterocycles. The first kappa shape index (κ1) is 18.4. The number of aryl methyl sites for hydroxylation is 1. The van der Waals surface area contributed by atoms with Gasteiger partial charge < -0.3 is 10.2 Å². The molecule has 140 valence electrons. The highest BCUT2D eigenvalue weighted by Gasteiger charge is 2.49. The first-order valence-corrected chi connectivity index (χ1v) is 10.6. The van der Waals surface area contributed by atoms with Crippen molar-refractivity contribution in [3.05, 3.63) is 64.7 Å². The van der Waals surface area contributed by atoms with E-state index in [1.807, 2.05) is 55.5 Å². The van der Waals surface area contributed by atoms with Crippen molar-refractivity contribution in [1.82, 2.24) is 4.90 Å². The highest BCUT2D eigenvalue weighted by atomic mass is 35.5. The van der Waals surface area contributed by atoms with Gasteiger partial charge in [-0.15, -0.1) is 11.8 Å². The Bertz CT molecular complexity index is 888. The Labute approximate surface area is 168 Å². The summed E-state index contributed by atoms with van der Waals surface area (Å²) < 4.78 is 0. The van der Waals surface area contributed by atoms with Crippen molar-refractivity contribution in [2.45, 2.75) is 25.3 Å². The molecular formula is C21H21ClN2O2S. The third kappa shape index (κ3) is 3.85. The van der Waals surface area contributed by atoms with Crippen LogP contribution in [0.25, 0.3) is 0 Å². The lowest BCUT2D eigenvalue weighted by Crippen LogP contribution is -2.45. The van der Waals surface area contributed by atoms with Crippen LogP contribution in [0.15, 0.2) is 48.5 Å². The zero-order valence-corrected chi connectivity index (χ0v) is 16.6. The highest BCUT2D eigenvalue weighted by Crippen LogP contribution is 2.51. The summed E-state index contributed by atoms with van der Waals surface area (Å²) in [5.74, 6) is 1.24. The number of nitrogens with zero attached hydrogens (tertiary/aromatic N) is 1. The van der Waals surface area contributed by atoms with Crippen molar-refractivity contribution in [2.24, 2.45) is 5.92 Å². The van der Waals surface area contributed by atoms with Gasteiger partial charge in [0.1, 0.15) is 6.04 Å². The number of thioether (sulfide) groups is 1. The zero-order valence-electron chi connectivity index (χ0n) is 15.0. The van der Waals surface area contributed by atoms with E-state index < -0.39 is 6.04 Å². The van der Waals surface area contributed by atoms with Gasteiger partial charge in [-0.3, -0.25) is 9.59 Å². The largest absolute Gasteiger partial charge is 0.324 e. The van der Waals surface area contributed by atoms with Gasteiger partial charge in [0.25, 0.3) is 0 Å². The lowest BCUT2D eigenvalue weighted by molar-refractivity contribution is -0.137. The molecule has 1 N–H and O–H groups in total. The average molecular weight is 401 g/mol. The number of carbonyl (C=O) groups is 2. The molecule has 2 aromatic carbocycles. The van der Waals surface area contributed by atoms with Crippen molar-refractivity contribution >= 4 is 40.9 Å². The zero-order chi connectivity index (χ0) is 19.0. The summed E-state index contributed by atoms with van der Waals surface area (Å²) in [7, 11) is 0. The van der Waals surface area contributed by atoms with Gasteiger partial charge >= 0.3 is 0 Å². The predicted octanol–water partition coefficient (Wildman–Crippen LogP) is 4.29. The molecule has 2 fully saturated rings. The topological polar surface area (TPSA) is 49.4 Å². The van der Waals surface area contributed by atoms with Crippen LogP contribution >= 0.6 is 23.4 Å². The van der Waals surface area contributed by atoms with Crippen LogP contribution in [0, 0.1) is 12.8 Å². The van der Waals surface area contributed by atoms with Gasteiger partial charge in [-0.1, -0.05) is 41.9 Å². The number of amides is 2. The lowest BCUT2D eigenvalue weighted by Gasteiger charge is -2.23. The summed E-state index contributed by atoms with van der Waals surface area (Å²) in [5.41, 5.74) is 2.89. The van der Waals surface area contributed by atoms with Crippen LogP contribution in [0.5, 0.6) is 0 Å². The van der Waals surface area contributed by atoms with Crippen molar-refractivity contribution in [3.8, 4) is 0 Å². The molecule has 2 aliphatic rings. The van der Waals surface area contributed by atoms with Crippen molar-refractivity contribution in [3.63, 3.8) is 0 Å². The number of anilines is 1. The van der Waals surface area contributed by atoms with Gasteiger partial charge in [0, 0.05) is 22.4 Å². The number of nitrogens with one attached hydrogen (secondary N) is 1. The summed E-state index contributed by atoms with van der Waals surface area (Å²) >= 11 is 7.90. The molecule has 0 bridgehead atoms. The number of hydrogen-bond acceptors (Lipinski definition) is 3. The predicted molar refractivity (Wildman–Crippen MR) is 110 cm³/mol. The van der Waals surface area contributed by atoms with Crippen molar-refractivity contribution < 1.29 is 9.59 Å². The minimum Gasteiger partial charge on any atom is -0.324 e. The summed E-state index contributed by atoms with van der Waals surface area (Å²) in [6, 6.07) is 15.0. The van der Waals surface area contributed by atoms with Gasteiger partial charge in [0.2, 0.25) is 11.8 Å². The summed E-state index contributed by atoms with van der Waals surface area (Å²) in [5, 5.41) is 3.66. The third-order valence-electron chi connectivity index (χ3n) is 5.17. The first-order valence-electron chi connectivity index (χ1n) is 9.05. The smallest absolute Gasteiger partial charge is 0.248 e. The van der Waals surface area contributed by atoms with Crippen LogP contribution < -0.4 is 5.32 Å². The molecule has 27 heavy (non-hydrogen) atoms. The van der Waals surface area contributed by atoms with E-state index in [0.29, 0.717) is 16.7 Å². The second-order valence-corrected chi connectivity index (χ2v) is 8.56. The second kappa shape index (κ2) is 7.56. The van der Waals surface area contributed by atoms with Crippen LogP contribution in [-0.4, -0.2) is 34.4 Å². The van der Waals surface area contributed by atoms with Crippen LogP contribution in [0.1, 0.15) is 23.5 Å². The molecule has 4 nitrogen and oxygen atoms in total.